The Hall–Kier alpha value is -4.10. The first-order valence-electron chi connectivity index (χ1n) is 12.9. The summed E-state index contributed by atoms with van der Waals surface area (Å²) >= 11 is 1.94. The molecule has 0 saturated carbocycles. The highest BCUT2D eigenvalue weighted by Gasteiger charge is 2.31. The lowest BCUT2D eigenvalue weighted by Crippen LogP contribution is -2.32. The van der Waals surface area contributed by atoms with Gasteiger partial charge < -0.3 is 16.0 Å². The van der Waals surface area contributed by atoms with E-state index in [4.69, 9.17) is 5.10 Å². The zero-order chi connectivity index (χ0) is 29.0. The highest BCUT2D eigenvalue weighted by Crippen LogP contribution is 2.30. The van der Waals surface area contributed by atoms with Crippen LogP contribution in [0.5, 0.6) is 0 Å². The highest BCUT2D eigenvalue weighted by molar-refractivity contribution is 7.99. The molecule has 41 heavy (non-hydrogen) atoms. The van der Waals surface area contributed by atoms with Crippen molar-refractivity contribution in [2.75, 3.05) is 47.6 Å². The Labute approximate surface area is 239 Å². The van der Waals surface area contributed by atoms with E-state index in [1.54, 1.807) is 29.9 Å². The molecule has 1 aliphatic heterocycles. The van der Waals surface area contributed by atoms with Crippen LogP contribution in [-0.2, 0) is 12.7 Å². The van der Waals surface area contributed by atoms with Crippen molar-refractivity contribution in [2.24, 2.45) is 0 Å². The quantitative estimate of drug-likeness (QED) is 0.248. The molecule has 0 atom stereocenters. The van der Waals surface area contributed by atoms with Crippen LogP contribution in [-0.4, -0.2) is 62.2 Å². The molecule has 0 aliphatic carbocycles. The molecule has 1 aliphatic rings. The number of benzene rings is 2. The van der Waals surface area contributed by atoms with Crippen molar-refractivity contribution in [2.45, 2.75) is 19.6 Å². The van der Waals surface area contributed by atoms with Crippen LogP contribution in [0.1, 0.15) is 27.2 Å². The van der Waals surface area contributed by atoms with Crippen LogP contribution >= 0.6 is 11.8 Å². The van der Waals surface area contributed by atoms with Gasteiger partial charge in [0.2, 0.25) is 0 Å². The molecule has 1 fully saturated rings. The van der Waals surface area contributed by atoms with Gasteiger partial charge in [-0.1, -0.05) is 12.1 Å². The molecule has 5 rings (SSSR count). The second-order valence-electron chi connectivity index (χ2n) is 9.52. The van der Waals surface area contributed by atoms with Crippen LogP contribution in [0.3, 0.4) is 0 Å². The molecule has 1 amide bonds. The van der Waals surface area contributed by atoms with E-state index in [0.717, 1.165) is 48.0 Å². The lowest BCUT2D eigenvalue weighted by molar-refractivity contribution is -0.137. The maximum Gasteiger partial charge on any atom is 0.416 e. The predicted octanol–water partition coefficient (Wildman–Crippen LogP) is 5.58. The molecular formula is C28H29F3N8OS. The summed E-state index contributed by atoms with van der Waals surface area (Å²) in [6.45, 7) is 4.59. The summed E-state index contributed by atoms with van der Waals surface area (Å²) in [7, 11) is 1.77. The summed E-state index contributed by atoms with van der Waals surface area (Å²) in [6, 6.07) is 13.4. The number of alkyl halides is 3. The lowest BCUT2D eigenvalue weighted by Gasteiger charge is -2.24. The van der Waals surface area contributed by atoms with Crippen molar-refractivity contribution < 1.29 is 18.0 Å². The van der Waals surface area contributed by atoms with Gasteiger partial charge in [-0.15, -0.1) is 0 Å². The third-order valence-corrected chi connectivity index (χ3v) is 7.53. The number of carbonyl (C=O) groups is 1. The molecule has 214 valence electrons. The van der Waals surface area contributed by atoms with Crippen molar-refractivity contribution in [3.05, 3.63) is 83.3 Å². The fourth-order valence-electron chi connectivity index (χ4n) is 4.37. The predicted molar refractivity (Wildman–Crippen MR) is 155 cm³/mol. The zero-order valence-corrected chi connectivity index (χ0v) is 23.3. The number of rotatable bonds is 8. The van der Waals surface area contributed by atoms with E-state index in [2.05, 4.69) is 30.8 Å². The molecule has 13 heteroatoms. The van der Waals surface area contributed by atoms with Gasteiger partial charge in [-0.2, -0.15) is 34.7 Å². The van der Waals surface area contributed by atoms with Crippen LogP contribution in [0.15, 0.2) is 60.9 Å². The van der Waals surface area contributed by atoms with Gasteiger partial charge >= 0.3 is 6.18 Å². The number of aromatic nitrogens is 4. The number of anilines is 4. The third kappa shape index (κ3) is 6.98. The van der Waals surface area contributed by atoms with Crippen molar-refractivity contribution in [3.63, 3.8) is 0 Å². The maximum absolute atomic E-state index is 13.1. The molecule has 9 nitrogen and oxygen atoms in total. The number of amides is 1. The van der Waals surface area contributed by atoms with Crippen molar-refractivity contribution in [1.29, 1.82) is 0 Å². The minimum Gasteiger partial charge on any atom is -0.373 e. The van der Waals surface area contributed by atoms with Crippen molar-refractivity contribution in [3.8, 4) is 5.82 Å². The smallest absolute Gasteiger partial charge is 0.373 e. The van der Waals surface area contributed by atoms with Crippen molar-refractivity contribution >= 4 is 40.7 Å². The first-order valence-corrected chi connectivity index (χ1v) is 14.1. The molecule has 0 spiro atoms. The molecule has 1 saturated heterocycles. The number of hydrogen-bond acceptors (Lipinski definition) is 8. The van der Waals surface area contributed by atoms with Crippen LogP contribution in [0.4, 0.5) is 36.2 Å². The number of aryl methyl sites for hydroxylation is 1. The Balaban J connectivity index is 1.42. The number of carbonyl (C=O) groups excluding carboxylic acids is 1. The molecule has 2 aromatic carbocycles. The van der Waals surface area contributed by atoms with E-state index in [1.165, 1.54) is 18.5 Å². The summed E-state index contributed by atoms with van der Waals surface area (Å²) < 4.78 is 41.1. The van der Waals surface area contributed by atoms with E-state index >= 15 is 0 Å². The Morgan fingerprint density at radius 3 is 2.61 bits per heavy atom. The summed E-state index contributed by atoms with van der Waals surface area (Å²) in [4.78, 5) is 23.8. The first kappa shape index (κ1) is 28.4. The summed E-state index contributed by atoms with van der Waals surface area (Å²) in [5, 5.41) is 14.0. The van der Waals surface area contributed by atoms with Gasteiger partial charge in [-0.05, 0) is 42.8 Å². The Morgan fingerprint density at radius 2 is 1.85 bits per heavy atom. The average molecular weight is 583 g/mol. The SMILES string of the molecule is CNc1cc(-n2nc(CN3CCSCC3)cc2Nc2cc(NC(=O)c3cccc(C(F)(F)F)c3)ccc2C)ncn1. The zero-order valence-electron chi connectivity index (χ0n) is 22.5. The molecule has 0 radical (unpaired) electrons. The molecule has 4 aromatic rings. The summed E-state index contributed by atoms with van der Waals surface area (Å²) in [5.41, 5.74) is 1.92. The van der Waals surface area contributed by atoms with E-state index in [0.29, 0.717) is 35.4 Å². The number of thioether (sulfide) groups is 1. The van der Waals surface area contributed by atoms with Gasteiger partial charge in [0.05, 0.1) is 11.3 Å². The van der Waals surface area contributed by atoms with E-state index < -0.39 is 17.6 Å². The topological polar surface area (TPSA) is 100 Å². The summed E-state index contributed by atoms with van der Waals surface area (Å²) in [5.74, 6) is 3.40. The minimum absolute atomic E-state index is 0.0853. The minimum atomic E-state index is -4.54. The van der Waals surface area contributed by atoms with Crippen LogP contribution < -0.4 is 16.0 Å². The van der Waals surface area contributed by atoms with E-state index in [1.807, 2.05) is 30.8 Å². The second kappa shape index (κ2) is 12.2. The molecule has 3 heterocycles. The van der Waals surface area contributed by atoms with Crippen LogP contribution in [0.2, 0.25) is 0 Å². The molecular weight excluding hydrogens is 553 g/mol. The van der Waals surface area contributed by atoms with E-state index in [9.17, 15) is 18.0 Å². The third-order valence-electron chi connectivity index (χ3n) is 6.59. The average Bonchev–Trinajstić information content (AvgIpc) is 3.36. The number of halogens is 3. The van der Waals surface area contributed by atoms with Gasteiger partial charge in [-0.3, -0.25) is 9.69 Å². The largest absolute Gasteiger partial charge is 0.416 e. The lowest BCUT2D eigenvalue weighted by atomic mass is 10.1. The Kier molecular flexibility index (Phi) is 8.45. The normalized spacial score (nSPS) is 14.1. The van der Waals surface area contributed by atoms with E-state index in [-0.39, 0.29) is 5.56 Å². The van der Waals surface area contributed by atoms with Gasteiger partial charge in [0.1, 0.15) is 18.0 Å². The number of hydrogen-bond donors (Lipinski definition) is 3. The van der Waals surface area contributed by atoms with Gasteiger partial charge in [-0.25, -0.2) is 9.97 Å². The Morgan fingerprint density at radius 1 is 1.05 bits per heavy atom. The monoisotopic (exact) mass is 582 g/mol. The molecule has 3 N–H and O–H groups in total. The number of nitrogens with one attached hydrogen (secondary N) is 3. The Bertz CT molecular complexity index is 1540. The maximum atomic E-state index is 13.1. The van der Waals surface area contributed by atoms with Crippen molar-refractivity contribution in [1.82, 2.24) is 24.6 Å². The second-order valence-corrected chi connectivity index (χ2v) is 10.7. The van der Waals surface area contributed by atoms with Gasteiger partial charge in [0, 0.05) is 67.3 Å². The fraction of sp³-hybridized carbons (Fsp3) is 0.286. The fourth-order valence-corrected chi connectivity index (χ4v) is 5.35. The molecule has 2 aromatic heterocycles. The van der Waals surface area contributed by atoms with Crippen LogP contribution in [0, 0.1) is 6.92 Å². The number of nitrogens with zero attached hydrogens (tertiary/aromatic N) is 5. The van der Waals surface area contributed by atoms with Gasteiger partial charge in [0.25, 0.3) is 5.91 Å². The highest BCUT2D eigenvalue weighted by atomic mass is 32.2. The standard InChI is InChI=1S/C28H29F3N8OS/c1-18-6-7-21(35-27(40)19-4-3-5-20(12-19)28(29,30)31)13-23(18)36-26-14-22(16-38-8-10-41-11-9-38)37-39(26)25-15-24(32-2)33-17-34-25/h3-7,12-15,17,36H,8-11,16H2,1-2H3,(H,35,40)(H,32,33,34). The molecule has 0 unspecified atom stereocenters. The van der Waals surface area contributed by atoms with Crippen LogP contribution in [0.25, 0.3) is 5.82 Å². The first-order chi connectivity index (χ1) is 19.7. The van der Waals surface area contributed by atoms with Gasteiger partial charge in [0.15, 0.2) is 5.82 Å². The molecule has 0 bridgehead atoms. The summed E-state index contributed by atoms with van der Waals surface area (Å²) in [6.07, 6.45) is -3.08.